The molecule has 0 bridgehead atoms. The van der Waals surface area contributed by atoms with Crippen molar-refractivity contribution in [2.24, 2.45) is 5.73 Å². The van der Waals surface area contributed by atoms with Crippen molar-refractivity contribution in [2.45, 2.75) is 0 Å². The molecule has 1 amide bonds. The average molecular weight is 296 g/mol. The lowest BCUT2D eigenvalue weighted by Gasteiger charge is -2.11. The molecule has 0 unspecified atom stereocenters. The van der Waals surface area contributed by atoms with Crippen LogP contribution in [0.15, 0.2) is 36.4 Å². The first-order valence-electron chi connectivity index (χ1n) is 5.38. The van der Waals surface area contributed by atoms with E-state index in [1.165, 1.54) is 0 Å². The average Bonchev–Trinajstić information content (AvgIpc) is 2.26. The van der Waals surface area contributed by atoms with Gasteiger partial charge in [-0.2, -0.15) is 0 Å². The number of primary amides is 1. The first-order valence-corrected chi connectivity index (χ1v) is 6.14. The van der Waals surface area contributed by atoms with Crippen LogP contribution in [0.5, 0.6) is 0 Å². The van der Waals surface area contributed by atoms with Crippen LogP contribution in [0, 0.1) is 0 Å². The van der Waals surface area contributed by atoms with E-state index < -0.39 is 5.91 Å². The lowest BCUT2D eigenvalue weighted by Crippen LogP contribution is -2.13. The van der Waals surface area contributed by atoms with E-state index in [-0.39, 0.29) is 0 Å². The Morgan fingerprint density at radius 1 is 1.05 bits per heavy atom. The summed E-state index contributed by atoms with van der Waals surface area (Å²) in [5.41, 5.74) is 13.0. The largest absolute Gasteiger partial charge is 0.399 e. The molecule has 0 saturated carbocycles. The minimum absolute atomic E-state index is 0.338. The zero-order valence-corrected chi connectivity index (χ0v) is 11.3. The summed E-state index contributed by atoms with van der Waals surface area (Å²) in [4.78, 5) is 11.3. The smallest absolute Gasteiger partial charge is 0.250 e. The molecule has 0 aliphatic rings. The van der Waals surface area contributed by atoms with Crippen LogP contribution in [0.25, 0.3) is 0 Å². The van der Waals surface area contributed by atoms with Crippen LogP contribution in [0.1, 0.15) is 10.4 Å². The Kier molecular flexibility index (Phi) is 3.83. The standard InChI is InChI=1S/C13H11Cl2N3O/c14-7-3-8(15)5-10(4-7)18-12-6-9(16)1-2-11(12)13(17)19/h1-6,18H,16H2,(H2,17,19). The number of hydrogen-bond donors (Lipinski definition) is 3. The van der Waals surface area contributed by atoms with Gasteiger partial charge in [0.25, 0.3) is 5.91 Å². The number of rotatable bonds is 3. The van der Waals surface area contributed by atoms with Crippen molar-refractivity contribution in [1.29, 1.82) is 0 Å². The van der Waals surface area contributed by atoms with Crippen LogP contribution in [-0.4, -0.2) is 5.91 Å². The van der Waals surface area contributed by atoms with Crippen LogP contribution in [0.3, 0.4) is 0 Å². The summed E-state index contributed by atoms with van der Waals surface area (Å²) in [6, 6.07) is 9.77. The fourth-order valence-corrected chi connectivity index (χ4v) is 2.19. The minimum Gasteiger partial charge on any atom is -0.399 e. The van der Waals surface area contributed by atoms with E-state index in [1.807, 2.05) is 0 Å². The lowest BCUT2D eigenvalue weighted by molar-refractivity contribution is 0.100. The van der Waals surface area contributed by atoms with E-state index >= 15 is 0 Å². The minimum atomic E-state index is -0.546. The Bertz CT molecular complexity index is 624. The number of nitrogens with one attached hydrogen (secondary N) is 1. The van der Waals surface area contributed by atoms with Crippen molar-refractivity contribution < 1.29 is 4.79 Å². The number of benzene rings is 2. The number of hydrogen-bond acceptors (Lipinski definition) is 3. The predicted molar refractivity (Wildman–Crippen MR) is 79.1 cm³/mol. The highest BCUT2D eigenvalue weighted by Gasteiger charge is 2.09. The summed E-state index contributed by atoms with van der Waals surface area (Å²) in [6.07, 6.45) is 0. The van der Waals surface area contributed by atoms with Crippen molar-refractivity contribution in [2.75, 3.05) is 11.1 Å². The van der Waals surface area contributed by atoms with Crippen molar-refractivity contribution in [3.8, 4) is 0 Å². The van der Waals surface area contributed by atoms with E-state index in [0.717, 1.165) is 0 Å². The third kappa shape index (κ3) is 3.30. The number of nitrogens with two attached hydrogens (primary N) is 2. The third-order valence-electron chi connectivity index (χ3n) is 2.45. The first-order chi connectivity index (χ1) is 8.95. The second kappa shape index (κ2) is 5.38. The van der Waals surface area contributed by atoms with Gasteiger partial charge in [0, 0.05) is 21.4 Å². The molecule has 4 nitrogen and oxygen atoms in total. The van der Waals surface area contributed by atoms with Gasteiger partial charge < -0.3 is 16.8 Å². The van der Waals surface area contributed by atoms with Crippen molar-refractivity contribution in [3.05, 3.63) is 52.0 Å². The summed E-state index contributed by atoms with van der Waals surface area (Å²) >= 11 is 11.8. The van der Waals surface area contributed by atoms with Gasteiger partial charge in [-0.3, -0.25) is 4.79 Å². The maximum atomic E-state index is 11.3. The highest BCUT2D eigenvalue weighted by Crippen LogP contribution is 2.27. The van der Waals surface area contributed by atoms with Crippen LogP contribution < -0.4 is 16.8 Å². The van der Waals surface area contributed by atoms with Gasteiger partial charge in [-0.1, -0.05) is 23.2 Å². The van der Waals surface area contributed by atoms with E-state index in [4.69, 9.17) is 34.7 Å². The molecule has 0 heterocycles. The van der Waals surface area contributed by atoms with Crippen LogP contribution in [0.2, 0.25) is 10.0 Å². The molecule has 2 aromatic carbocycles. The van der Waals surface area contributed by atoms with Crippen molar-refractivity contribution in [3.63, 3.8) is 0 Å². The molecule has 0 spiro atoms. The second-order valence-corrected chi connectivity index (χ2v) is 4.83. The van der Waals surface area contributed by atoms with E-state index in [0.29, 0.717) is 32.7 Å². The summed E-state index contributed by atoms with van der Waals surface area (Å²) in [7, 11) is 0. The van der Waals surface area contributed by atoms with Gasteiger partial charge in [0.15, 0.2) is 0 Å². The second-order valence-electron chi connectivity index (χ2n) is 3.95. The molecule has 0 atom stereocenters. The molecule has 98 valence electrons. The molecule has 0 saturated heterocycles. The van der Waals surface area contributed by atoms with E-state index in [2.05, 4.69) is 5.32 Å². The number of halogens is 2. The first kappa shape index (κ1) is 13.5. The highest BCUT2D eigenvalue weighted by molar-refractivity contribution is 6.35. The topological polar surface area (TPSA) is 81.1 Å². The zero-order chi connectivity index (χ0) is 14.0. The lowest BCUT2D eigenvalue weighted by atomic mass is 10.1. The molecule has 0 aromatic heterocycles. The van der Waals surface area contributed by atoms with Gasteiger partial charge in [0.2, 0.25) is 0 Å². The maximum Gasteiger partial charge on any atom is 0.250 e. The molecule has 0 aliphatic heterocycles. The monoisotopic (exact) mass is 295 g/mol. The highest BCUT2D eigenvalue weighted by atomic mass is 35.5. The molecule has 0 radical (unpaired) electrons. The van der Waals surface area contributed by atoms with Crippen LogP contribution >= 0.6 is 23.2 Å². The molecule has 5 N–H and O–H groups in total. The van der Waals surface area contributed by atoms with E-state index in [9.17, 15) is 4.79 Å². The fourth-order valence-electron chi connectivity index (χ4n) is 1.66. The molecule has 19 heavy (non-hydrogen) atoms. The Hall–Kier alpha value is -1.91. The Morgan fingerprint density at radius 2 is 1.68 bits per heavy atom. The van der Waals surface area contributed by atoms with Gasteiger partial charge in [0.1, 0.15) is 0 Å². The summed E-state index contributed by atoms with van der Waals surface area (Å²) in [5.74, 6) is -0.546. The van der Waals surface area contributed by atoms with Crippen LogP contribution in [-0.2, 0) is 0 Å². The van der Waals surface area contributed by atoms with Crippen molar-refractivity contribution >= 4 is 46.2 Å². The van der Waals surface area contributed by atoms with Gasteiger partial charge in [-0.05, 0) is 36.4 Å². The molecular formula is C13H11Cl2N3O. The van der Waals surface area contributed by atoms with Gasteiger partial charge in [-0.25, -0.2) is 0 Å². The number of carbonyl (C=O) groups is 1. The molecule has 2 rings (SSSR count). The summed E-state index contributed by atoms with van der Waals surface area (Å²) < 4.78 is 0. The molecular weight excluding hydrogens is 285 g/mol. The predicted octanol–water partition coefficient (Wildman–Crippen LogP) is 3.42. The molecule has 6 heteroatoms. The van der Waals surface area contributed by atoms with E-state index in [1.54, 1.807) is 36.4 Å². The van der Waals surface area contributed by atoms with Crippen LogP contribution in [0.4, 0.5) is 17.1 Å². The third-order valence-corrected chi connectivity index (χ3v) is 2.89. The van der Waals surface area contributed by atoms with Crippen molar-refractivity contribution in [1.82, 2.24) is 0 Å². The summed E-state index contributed by atoms with van der Waals surface area (Å²) in [6.45, 7) is 0. The van der Waals surface area contributed by atoms with Gasteiger partial charge >= 0.3 is 0 Å². The normalized spacial score (nSPS) is 10.2. The Morgan fingerprint density at radius 3 is 2.26 bits per heavy atom. The number of anilines is 3. The number of nitrogen functional groups attached to an aromatic ring is 1. The number of amides is 1. The molecule has 0 fully saturated rings. The molecule has 2 aromatic rings. The van der Waals surface area contributed by atoms with Gasteiger partial charge in [0.05, 0.1) is 11.3 Å². The quantitative estimate of drug-likeness (QED) is 0.759. The summed E-state index contributed by atoms with van der Waals surface area (Å²) in [5, 5.41) is 4.00. The SMILES string of the molecule is NC(=O)c1ccc(N)cc1Nc1cc(Cl)cc(Cl)c1. The fraction of sp³-hybridized carbons (Fsp3) is 0. The zero-order valence-electron chi connectivity index (χ0n) is 9.78. The number of carbonyl (C=O) groups excluding carboxylic acids is 1. The molecule has 0 aliphatic carbocycles. The maximum absolute atomic E-state index is 11.3. The Labute approximate surface area is 120 Å². The van der Waals surface area contributed by atoms with Gasteiger partial charge in [-0.15, -0.1) is 0 Å². The Balaban J connectivity index is 2.42.